The first-order valence-corrected chi connectivity index (χ1v) is 9.82. The molecule has 0 amide bonds. The zero-order valence-corrected chi connectivity index (χ0v) is 15.6. The fourth-order valence-electron chi connectivity index (χ4n) is 7.29. The summed E-state index contributed by atoms with van der Waals surface area (Å²) in [7, 11) is 0. The third-order valence-electron chi connectivity index (χ3n) is 8.72. The van der Waals surface area contributed by atoms with Gasteiger partial charge >= 0.3 is 0 Å². The van der Waals surface area contributed by atoms with E-state index in [1.165, 1.54) is 0 Å². The molecule has 146 valence electrons. The SMILES string of the molecule is CC12C=CC(=O)C=C1CCC1C3CC(O)C(O)(C(=O)CO)C3(C)CC3OC312. The summed E-state index contributed by atoms with van der Waals surface area (Å²) in [6.07, 6.45) is 6.33. The van der Waals surface area contributed by atoms with Crippen LogP contribution in [0.3, 0.4) is 0 Å². The first-order chi connectivity index (χ1) is 12.6. The number of epoxide rings is 1. The number of hydrogen-bond donors (Lipinski definition) is 3. The van der Waals surface area contributed by atoms with E-state index in [1.807, 2.05) is 13.0 Å². The molecule has 3 N–H and O–H groups in total. The average Bonchev–Trinajstić information content (AvgIpc) is 3.31. The molecule has 1 saturated heterocycles. The molecule has 0 aromatic heterocycles. The van der Waals surface area contributed by atoms with E-state index in [0.717, 1.165) is 18.4 Å². The summed E-state index contributed by atoms with van der Waals surface area (Å²) in [4.78, 5) is 24.3. The van der Waals surface area contributed by atoms with E-state index in [9.17, 15) is 24.9 Å². The zero-order valence-electron chi connectivity index (χ0n) is 15.6. The molecule has 1 heterocycles. The molecule has 27 heavy (non-hydrogen) atoms. The number of Topliss-reactive ketones (excluding diaryl/α,β-unsaturated/α-hetero) is 1. The number of ketones is 2. The number of hydrogen-bond acceptors (Lipinski definition) is 6. The third-order valence-corrected chi connectivity index (χ3v) is 8.72. The highest BCUT2D eigenvalue weighted by Gasteiger charge is 2.82. The Morgan fingerprint density at radius 2 is 2.07 bits per heavy atom. The first kappa shape index (κ1) is 17.7. The van der Waals surface area contributed by atoms with Crippen molar-refractivity contribution in [2.24, 2.45) is 22.7 Å². The number of rotatable bonds is 2. The molecule has 6 nitrogen and oxygen atoms in total. The molecule has 4 fully saturated rings. The van der Waals surface area contributed by atoms with Crippen LogP contribution in [0.4, 0.5) is 0 Å². The van der Waals surface area contributed by atoms with Gasteiger partial charge in [-0.3, -0.25) is 9.59 Å². The average molecular weight is 374 g/mol. The van der Waals surface area contributed by atoms with Crippen LogP contribution >= 0.6 is 0 Å². The lowest BCUT2D eigenvalue weighted by Gasteiger charge is -2.55. The van der Waals surface area contributed by atoms with Crippen LogP contribution in [0.1, 0.15) is 39.5 Å². The molecule has 0 aromatic rings. The van der Waals surface area contributed by atoms with E-state index in [2.05, 4.69) is 6.92 Å². The van der Waals surface area contributed by atoms with Crippen LogP contribution in [-0.2, 0) is 14.3 Å². The monoisotopic (exact) mass is 374 g/mol. The molecule has 5 rings (SSSR count). The molecular formula is C21H26O6. The van der Waals surface area contributed by atoms with Gasteiger partial charge in [-0.1, -0.05) is 18.6 Å². The van der Waals surface area contributed by atoms with Crippen molar-refractivity contribution in [3.63, 3.8) is 0 Å². The Morgan fingerprint density at radius 3 is 2.78 bits per heavy atom. The quantitative estimate of drug-likeness (QED) is 0.614. The van der Waals surface area contributed by atoms with Crippen LogP contribution in [0.15, 0.2) is 23.8 Å². The number of ether oxygens (including phenoxy) is 1. The van der Waals surface area contributed by atoms with E-state index in [4.69, 9.17) is 4.74 Å². The van der Waals surface area contributed by atoms with Gasteiger partial charge in [-0.05, 0) is 56.6 Å². The minimum atomic E-state index is -1.94. The molecule has 8 atom stereocenters. The highest BCUT2D eigenvalue weighted by atomic mass is 16.6. The second-order valence-electron chi connectivity index (χ2n) is 9.48. The Labute approximate surface area is 157 Å². The maximum Gasteiger partial charge on any atom is 0.192 e. The number of allylic oxidation sites excluding steroid dienone is 2. The predicted molar refractivity (Wildman–Crippen MR) is 94.5 cm³/mol. The maximum atomic E-state index is 12.5. The largest absolute Gasteiger partial charge is 0.390 e. The Bertz CT molecular complexity index is 815. The van der Waals surface area contributed by atoms with E-state index in [-0.39, 0.29) is 29.1 Å². The van der Waals surface area contributed by atoms with Crippen LogP contribution < -0.4 is 0 Å². The highest BCUT2D eigenvalue weighted by Crippen LogP contribution is 2.75. The Hall–Kier alpha value is -1.34. The van der Waals surface area contributed by atoms with Crippen molar-refractivity contribution >= 4 is 11.6 Å². The Morgan fingerprint density at radius 1 is 1.33 bits per heavy atom. The van der Waals surface area contributed by atoms with Gasteiger partial charge in [0.05, 0.1) is 12.2 Å². The number of aliphatic hydroxyl groups excluding tert-OH is 2. The molecule has 4 aliphatic carbocycles. The molecule has 6 heteroatoms. The van der Waals surface area contributed by atoms with Crippen molar-refractivity contribution in [3.05, 3.63) is 23.8 Å². The van der Waals surface area contributed by atoms with E-state index < -0.39 is 35.1 Å². The van der Waals surface area contributed by atoms with Gasteiger partial charge in [0.2, 0.25) is 0 Å². The molecule has 0 aromatic carbocycles. The Kier molecular flexibility index (Phi) is 3.27. The molecule has 3 saturated carbocycles. The van der Waals surface area contributed by atoms with Gasteiger partial charge < -0.3 is 20.1 Å². The van der Waals surface area contributed by atoms with Crippen molar-refractivity contribution < 1.29 is 29.6 Å². The van der Waals surface area contributed by atoms with E-state index >= 15 is 0 Å². The lowest BCUT2D eigenvalue weighted by Crippen LogP contribution is -2.63. The molecule has 5 aliphatic rings. The molecule has 1 aliphatic heterocycles. The summed E-state index contributed by atoms with van der Waals surface area (Å²) in [5.74, 6) is -0.708. The topological polar surface area (TPSA) is 107 Å². The second kappa shape index (κ2) is 4.98. The van der Waals surface area contributed by atoms with Crippen LogP contribution in [0.5, 0.6) is 0 Å². The van der Waals surface area contributed by atoms with Crippen LogP contribution in [0, 0.1) is 22.7 Å². The fourth-order valence-corrected chi connectivity index (χ4v) is 7.29. The van der Waals surface area contributed by atoms with Crippen molar-refractivity contribution in [2.45, 2.75) is 62.9 Å². The fraction of sp³-hybridized carbons (Fsp3) is 0.714. The number of carbonyl (C=O) groups excluding carboxylic acids is 2. The number of fused-ring (bicyclic) bond motifs is 3. The predicted octanol–water partition coefficient (Wildman–Crippen LogP) is 0.689. The normalized spacial score (nSPS) is 55.1. The first-order valence-electron chi connectivity index (χ1n) is 9.82. The van der Waals surface area contributed by atoms with Crippen molar-refractivity contribution in [3.8, 4) is 0 Å². The van der Waals surface area contributed by atoms with Crippen LogP contribution in [0.25, 0.3) is 0 Å². The number of aliphatic hydroxyl groups is 3. The van der Waals surface area contributed by atoms with Crippen molar-refractivity contribution in [2.75, 3.05) is 6.61 Å². The lowest BCUT2D eigenvalue weighted by molar-refractivity contribution is -0.173. The minimum absolute atomic E-state index is 0.00868. The van der Waals surface area contributed by atoms with Gasteiger partial charge in [0.1, 0.15) is 12.2 Å². The molecule has 0 radical (unpaired) electrons. The summed E-state index contributed by atoms with van der Waals surface area (Å²) in [5, 5.41) is 31.3. The zero-order chi connectivity index (χ0) is 19.4. The van der Waals surface area contributed by atoms with Gasteiger partial charge in [-0.15, -0.1) is 0 Å². The van der Waals surface area contributed by atoms with E-state index in [1.54, 1.807) is 12.2 Å². The van der Waals surface area contributed by atoms with Gasteiger partial charge in [-0.2, -0.15) is 0 Å². The van der Waals surface area contributed by atoms with Crippen LogP contribution in [0.2, 0.25) is 0 Å². The summed E-state index contributed by atoms with van der Waals surface area (Å²) in [6, 6.07) is 0. The molecule has 1 spiro atoms. The summed E-state index contributed by atoms with van der Waals surface area (Å²) >= 11 is 0. The third kappa shape index (κ3) is 1.73. The lowest BCUT2D eigenvalue weighted by atomic mass is 9.47. The van der Waals surface area contributed by atoms with E-state index in [0.29, 0.717) is 12.8 Å². The Balaban J connectivity index is 1.60. The standard InChI is InChI=1S/C21H26O6/c1-18-6-5-12(23)7-11(18)3-4-13-14-8-15(24)20(26,16(25)10-22)19(14,2)9-17-21(13,18)27-17/h5-7,13-15,17,22,24,26H,3-4,8-10H2,1-2H3. The van der Waals surface area contributed by atoms with Gasteiger partial charge in [0.15, 0.2) is 17.2 Å². The summed E-state index contributed by atoms with van der Waals surface area (Å²) in [6.45, 7) is 3.20. The van der Waals surface area contributed by atoms with Crippen molar-refractivity contribution in [1.29, 1.82) is 0 Å². The molecule has 0 bridgehead atoms. The van der Waals surface area contributed by atoms with Crippen LogP contribution in [-0.4, -0.2) is 56.9 Å². The van der Waals surface area contributed by atoms with Gasteiger partial charge in [-0.25, -0.2) is 0 Å². The number of carbonyl (C=O) groups is 2. The molecular weight excluding hydrogens is 348 g/mol. The second-order valence-corrected chi connectivity index (χ2v) is 9.48. The minimum Gasteiger partial charge on any atom is -0.390 e. The molecule has 8 unspecified atom stereocenters. The highest BCUT2D eigenvalue weighted by molar-refractivity contribution is 6.01. The van der Waals surface area contributed by atoms with Gasteiger partial charge in [0.25, 0.3) is 0 Å². The maximum absolute atomic E-state index is 12.5. The summed E-state index contributed by atoms with van der Waals surface area (Å²) in [5.41, 5.74) is -2.50. The summed E-state index contributed by atoms with van der Waals surface area (Å²) < 4.78 is 6.35. The van der Waals surface area contributed by atoms with Crippen molar-refractivity contribution in [1.82, 2.24) is 0 Å². The van der Waals surface area contributed by atoms with Gasteiger partial charge in [0, 0.05) is 10.8 Å². The smallest absolute Gasteiger partial charge is 0.192 e.